The number of hydrogen-bond acceptors (Lipinski definition) is 3. The Morgan fingerprint density at radius 3 is 2.81 bits per heavy atom. The van der Waals surface area contributed by atoms with Gasteiger partial charge in [-0.15, -0.1) is 0 Å². The molecular weight excluding hydrogens is 338 g/mol. The van der Waals surface area contributed by atoms with Gasteiger partial charge in [0.15, 0.2) is 0 Å². The molecule has 1 unspecified atom stereocenters. The fraction of sp³-hybridized carbons (Fsp3) is 0.227. The lowest BCUT2D eigenvalue weighted by atomic mass is 9.76. The van der Waals surface area contributed by atoms with E-state index in [9.17, 15) is 9.59 Å². The van der Waals surface area contributed by atoms with Crippen molar-refractivity contribution in [2.24, 2.45) is 0 Å². The molecule has 1 aliphatic carbocycles. The molecule has 2 heterocycles. The summed E-state index contributed by atoms with van der Waals surface area (Å²) in [7, 11) is 0. The van der Waals surface area contributed by atoms with E-state index in [0.717, 1.165) is 40.4 Å². The lowest BCUT2D eigenvalue weighted by molar-refractivity contribution is -0.132. The van der Waals surface area contributed by atoms with Crippen molar-refractivity contribution in [1.29, 1.82) is 0 Å². The van der Waals surface area contributed by atoms with Crippen molar-refractivity contribution >= 4 is 22.8 Å². The summed E-state index contributed by atoms with van der Waals surface area (Å²) in [5.74, 6) is -0.160. The summed E-state index contributed by atoms with van der Waals surface area (Å²) < 4.78 is 0. The highest BCUT2D eigenvalue weighted by molar-refractivity contribution is 6.08. The van der Waals surface area contributed by atoms with Crippen LogP contribution in [-0.2, 0) is 23.3 Å². The van der Waals surface area contributed by atoms with Gasteiger partial charge in [0, 0.05) is 11.6 Å². The van der Waals surface area contributed by atoms with E-state index in [1.807, 2.05) is 54.6 Å². The van der Waals surface area contributed by atoms with Crippen molar-refractivity contribution in [2.45, 2.75) is 31.3 Å². The minimum Gasteiger partial charge on any atom is -0.319 e. The molecule has 27 heavy (non-hydrogen) atoms. The van der Waals surface area contributed by atoms with E-state index in [2.05, 4.69) is 10.3 Å². The number of pyridine rings is 1. The zero-order chi connectivity index (χ0) is 18.4. The number of nitrogens with zero attached hydrogens (tertiary/aromatic N) is 2. The number of imide groups is 1. The maximum Gasteiger partial charge on any atom is 0.325 e. The second kappa shape index (κ2) is 5.91. The van der Waals surface area contributed by atoms with Crippen molar-refractivity contribution in [3.8, 4) is 0 Å². The van der Waals surface area contributed by atoms with Crippen molar-refractivity contribution < 1.29 is 9.59 Å². The number of benzene rings is 2. The Morgan fingerprint density at radius 1 is 1.04 bits per heavy atom. The summed E-state index contributed by atoms with van der Waals surface area (Å²) in [6.45, 7) is 0.225. The van der Waals surface area contributed by atoms with E-state index < -0.39 is 5.54 Å². The van der Waals surface area contributed by atoms with Gasteiger partial charge in [0.05, 0.1) is 12.1 Å². The van der Waals surface area contributed by atoms with Crippen molar-refractivity contribution in [1.82, 2.24) is 15.2 Å². The third-order valence-corrected chi connectivity index (χ3v) is 5.70. The van der Waals surface area contributed by atoms with Crippen LogP contribution in [0, 0.1) is 0 Å². The highest BCUT2D eigenvalue weighted by Gasteiger charge is 2.53. The monoisotopic (exact) mass is 357 g/mol. The Bertz CT molecular complexity index is 1070. The van der Waals surface area contributed by atoms with E-state index in [1.54, 1.807) is 6.20 Å². The Kier molecular flexibility index (Phi) is 3.50. The normalized spacial score (nSPS) is 21.6. The van der Waals surface area contributed by atoms with E-state index in [0.29, 0.717) is 6.42 Å². The summed E-state index contributed by atoms with van der Waals surface area (Å²) in [5, 5.41) is 4.01. The number of para-hydroxylation sites is 1. The number of fused-ring (bicyclic) bond motifs is 3. The molecule has 0 radical (unpaired) electrons. The van der Waals surface area contributed by atoms with Crippen LogP contribution in [0.1, 0.15) is 29.5 Å². The maximum absolute atomic E-state index is 13.4. The Hall–Kier alpha value is -3.21. The van der Waals surface area contributed by atoms with Crippen LogP contribution >= 0.6 is 0 Å². The molecule has 1 saturated heterocycles. The van der Waals surface area contributed by atoms with Crippen LogP contribution in [-0.4, -0.2) is 21.8 Å². The third kappa shape index (κ3) is 2.35. The zero-order valence-electron chi connectivity index (χ0n) is 14.8. The molecule has 2 aromatic carbocycles. The average Bonchev–Trinajstić information content (AvgIpc) is 2.93. The van der Waals surface area contributed by atoms with Gasteiger partial charge in [-0.2, -0.15) is 0 Å². The van der Waals surface area contributed by atoms with Gasteiger partial charge in [-0.3, -0.25) is 14.7 Å². The Morgan fingerprint density at radius 2 is 1.89 bits per heavy atom. The van der Waals surface area contributed by atoms with Crippen molar-refractivity contribution in [3.63, 3.8) is 0 Å². The van der Waals surface area contributed by atoms with Crippen molar-refractivity contribution in [3.05, 3.63) is 77.5 Å². The predicted molar refractivity (Wildman–Crippen MR) is 102 cm³/mol. The molecule has 1 aromatic heterocycles. The van der Waals surface area contributed by atoms with Crippen LogP contribution in [0.15, 0.2) is 60.8 Å². The quantitative estimate of drug-likeness (QED) is 0.714. The van der Waals surface area contributed by atoms with Gasteiger partial charge in [0.25, 0.3) is 5.91 Å². The summed E-state index contributed by atoms with van der Waals surface area (Å²) in [5.41, 5.74) is 2.85. The van der Waals surface area contributed by atoms with Crippen LogP contribution < -0.4 is 5.32 Å². The number of urea groups is 1. The fourth-order valence-electron chi connectivity index (χ4n) is 4.42. The molecule has 2 aliphatic rings. The van der Waals surface area contributed by atoms with Crippen molar-refractivity contribution in [2.75, 3.05) is 0 Å². The van der Waals surface area contributed by atoms with Gasteiger partial charge in [-0.25, -0.2) is 4.79 Å². The van der Waals surface area contributed by atoms with Gasteiger partial charge >= 0.3 is 6.03 Å². The molecule has 134 valence electrons. The summed E-state index contributed by atoms with van der Waals surface area (Å²) in [6, 6.07) is 17.3. The van der Waals surface area contributed by atoms with Crippen LogP contribution in [0.5, 0.6) is 0 Å². The molecule has 1 aliphatic heterocycles. The Balaban J connectivity index is 1.54. The number of nitrogens with one attached hydrogen (secondary N) is 1. The molecule has 1 fully saturated rings. The predicted octanol–water partition coefficient (Wildman–Crippen LogP) is 3.52. The average molecular weight is 357 g/mol. The standard InChI is InChI=1S/C22H19N3O2/c26-20-22(12-4-9-15-6-1-2-11-18(15)22)24-21(27)25(20)14-17-8-3-7-16-10-5-13-23-19(16)17/h1-3,5-8,10-11,13H,4,9,12,14H2,(H,24,27). The Labute approximate surface area is 157 Å². The van der Waals surface area contributed by atoms with E-state index in [1.165, 1.54) is 4.90 Å². The molecule has 0 bridgehead atoms. The molecule has 1 atom stereocenters. The molecule has 0 saturated carbocycles. The first-order chi connectivity index (χ1) is 13.2. The minimum absolute atomic E-state index is 0.160. The van der Waals surface area contributed by atoms with Crippen LogP contribution in [0.25, 0.3) is 10.9 Å². The number of hydrogen-bond donors (Lipinski definition) is 1. The zero-order valence-corrected chi connectivity index (χ0v) is 14.8. The van der Waals surface area contributed by atoms with Gasteiger partial charge in [-0.1, -0.05) is 48.5 Å². The summed E-state index contributed by atoms with van der Waals surface area (Å²) in [4.78, 5) is 32.0. The largest absolute Gasteiger partial charge is 0.325 e. The van der Waals surface area contributed by atoms with E-state index >= 15 is 0 Å². The molecular formula is C22H19N3O2. The van der Waals surface area contributed by atoms with E-state index in [4.69, 9.17) is 0 Å². The number of carbonyl (C=O) groups is 2. The second-order valence-corrected chi connectivity index (χ2v) is 7.23. The lowest BCUT2D eigenvalue weighted by Crippen LogP contribution is -2.46. The molecule has 5 rings (SSSR count). The molecule has 3 aromatic rings. The lowest BCUT2D eigenvalue weighted by Gasteiger charge is -2.33. The number of aryl methyl sites for hydroxylation is 1. The SMILES string of the molecule is O=C1NC2(CCCc3ccccc32)C(=O)N1Cc1cccc2cccnc12. The number of aromatic nitrogens is 1. The topological polar surface area (TPSA) is 62.3 Å². The van der Waals surface area contributed by atoms with Gasteiger partial charge in [-0.05, 0) is 42.0 Å². The first kappa shape index (κ1) is 16.0. The first-order valence-electron chi connectivity index (χ1n) is 9.24. The molecule has 3 amide bonds. The van der Waals surface area contributed by atoms with Crippen LogP contribution in [0.3, 0.4) is 0 Å². The number of rotatable bonds is 2. The second-order valence-electron chi connectivity index (χ2n) is 7.23. The van der Waals surface area contributed by atoms with Crippen LogP contribution in [0.2, 0.25) is 0 Å². The minimum atomic E-state index is -0.927. The first-order valence-corrected chi connectivity index (χ1v) is 9.24. The smallest absolute Gasteiger partial charge is 0.319 e. The molecule has 5 heteroatoms. The molecule has 1 spiro atoms. The summed E-state index contributed by atoms with van der Waals surface area (Å²) >= 11 is 0. The van der Waals surface area contributed by atoms with E-state index in [-0.39, 0.29) is 18.5 Å². The van der Waals surface area contributed by atoms with Crippen LogP contribution in [0.4, 0.5) is 4.79 Å². The van der Waals surface area contributed by atoms with Gasteiger partial charge in [0.1, 0.15) is 5.54 Å². The van der Waals surface area contributed by atoms with Gasteiger partial charge < -0.3 is 5.32 Å². The molecule has 1 N–H and O–H groups in total. The maximum atomic E-state index is 13.4. The number of amides is 3. The molecule has 5 nitrogen and oxygen atoms in total. The highest BCUT2D eigenvalue weighted by Crippen LogP contribution is 2.40. The fourth-order valence-corrected chi connectivity index (χ4v) is 4.42. The van der Waals surface area contributed by atoms with Gasteiger partial charge in [0.2, 0.25) is 0 Å². The highest BCUT2D eigenvalue weighted by atomic mass is 16.2. The third-order valence-electron chi connectivity index (χ3n) is 5.70. The number of carbonyl (C=O) groups excluding carboxylic acids is 2. The summed E-state index contributed by atoms with van der Waals surface area (Å²) in [6.07, 6.45) is 4.19.